The van der Waals surface area contributed by atoms with Gasteiger partial charge in [-0.1, -0.05) is 39.0 Å². The van der Waals surface area contributed by atoms with Crippen LogP contribution in [-0.4, -0.2) is 28.3 Å². The fourth-order valence-electron chi connectivity index (χ4n) is 2.81. The van der Waals surface area contributed by atoms with Gasteiger partial charge in [-0.15, -0.1) is 5.10 Å². The largest absolute Gasteiger partial charge is 0.355 e. The molecule has 0 amide bonds. The van der Waals surface area contributed by atoms with Crippen LogP contribution in [-0.2, 0) is 5.41 Å². The third-order valence-corrected chi connectivity index (χ3v) is 3.96. The molecule has 1 aromatic heterocycles. The minimum Gasteiger partial charge on any atom is -0.355 e. The Morgan fingerprint density at radius 2 is 1.82 bits per heavy atom. The molecule has 5 nitrogen and oxygen atoms in total. The average Bonchev–Trinajstić information content (AvgIpc) is 3.01. The Labute approximate surface area is 131 Å². The van der Waals surface area contributed by atoms with Crippen molar-refractivity contribution < 1.29 is 0 Å². The Morgan fingerprint density at radius 3 is 2.55 bits per heavy atom. The standard InChI is InChI=1S/C17H23N5/c1-17(2,3)13-8-4-5-9-14(13)19-16-20-15(12-18-21-16)22-10-6-7-11-22/h4-5,8-9,12H,6-7,10-11H2,1-3H3,(H,19,20,21). The van der Waals surface area contributed by atoms with E-state index in [1.54, 1.807) is 6.20 Å². The molecule has 0 bridgehead atoms. The molecule has 1 N–H and O–H groups in total. The van der Waals surface area contributed by atoms with Crippen molar-refractivity contribution in [2.24, 2.45) is 0 Å². The molecule has 1 saturated heterocycles. The molecule has 116 valence electrons. The Hall–Kier alpha value is -2.17. The SMILES string of the molecule is CC(C)(C)c1ccccc1Nc1nncc(N2CCCC2)n1. The van der Waals surface area contributed by atoms with E-state index in [9.17, 15) is 0 Å². The lowest BCUT2D eigenvalue weighted by atomic mass is 9.86. The molecule has 1 aliphatic heterocycles. The number of rotatable bonds is 3. The van der Waals surface area contributed by atoms with Crippen molar-refractivity contribution in [1.82, 2.24) is 15.2 Å². The van der Waals surface area contributed by atoms with Crippen LogP contribution in [0.5, 0.6) is 0 Å². The monoisotopic (exact) mass is 297 g/mol. The molecule has 1 aliphatic rings. The summed E-state index contributed by atoms with van der Waals surface area (Å²) in [6.45, 7) is 8.71. The summed E-state index contributed by atoms with van der Waals surface area (Å²) in [6, 6.07) is 8.29. The van der Waals surface area contributed by atoms with Crippen LogP contribution in [0.2, 0.25) is 0 Å². The highest BCUT2D eigenvalue weighted by molar-refractivity contribution is 5.61. The molecule has 0 atom stereocenters. The van der Waals surface area contributed by atoms with Crippen LogP contribution in [0.3, 0.4) is 0 Å². The second-order valence-corrected chi connectivity index (χ2v) is 6.75. The number of anilines is 3. The zero-order valence-electron chi connectivity index (χ0n) is 13.5. The molecular weight excluding hydrogens is 274 g/mol. The summed E-state index contributed by atoms with van der Waals surface area (Å²) >= 11 is 0. The average molecular weight is 297 g/mol. The first-order valence-electron chi connectivity index (χ1n) is 7.85. The maximum absolute atomic E-state index is 4.61. The number of para-hydroxylation sites is 1. The van der Waals surface area contributed by atoms with E-state index < -0.39 is 0 Å². The highest BCUT2D eigenvalue weighted by Crippen LogP contribution is 2.30. The molecule has 5 heteroatoms. The van der Waals surface area contributed by atoms with Gasteiger partial charge in [0.1, 0.15) is 0 Å². The highest BCUT2D eigenvalue weighted by Gasteiger charge is 2.19. The zero-order chi connectivity index (χ0) is 15.6. The van der Waals surface area contributed by atoms with Gasteiger partial charge >= 0.3 is 0 Å². The number of hydrogen-bond acceptors (Lipinski definition) is 5. The molecule has 0 aliphatic carbocycles. The van der Waals surface area contributed by atoms with Crippen molar-refractivity contribution in [2.75, 3.05) is 23.3 Å². The first kappa shape index (κ1) is 14.8. The predicted octanol–water partition coefficient (Wildman–Crippen LogP) is 3.51. The zero-order valence-corrected chi connectivity index (χ0v) is 13.5. The Bertz CT molecular complexity index is 641. The molecule has 2 aromatic rings. The summed E-state index contributed by atoms with van der Waals surface area (Å²) in [7, 11) is 0. The van der Waals surface area contributed by atoms with E-state index >= 15 is 0 Å². The molecule has 0 unspecified atom stereocenters. The normalized spacial score (nSPS) is 15.1. The minimum absolute atomic E-state index is 0.0591. The van der Waals surface area contributed by atoms with E-state index in [4.69, 9.17) is 0 Å². The Balaban J connectivity index is 1.86. The fourth-order valence-corrected chi connectivity index (χ4v) is 2.81. The first-order chi connectivity index (χ1) is 10.5. The van der Waals surface area contributed by atoms with Crippen LogP contribution in [0.4, 0.5) is 17.5 Å². The molecule has 1 fully saturated rings. The van der Waals surface area contributed by atoms with Gasteiger partial charge < -0.3 is 10.2 Å². The summed E-state index contributed by atoms with van der Waals surface area (Å²) in [5.41, 5.74) is 2.34. The van der Waals surface area contributed by atoms with Crippen molar-refractivity contribution >= 4 is 17.5 Å². The molecule has 0 saturated carbocycles. The number of benzene rings is 1. The summed E-state index contributed by atoms with van der Waals surface area (Å²) < 4.78 is 0. The smallest absolute Gasteiger partial charge is 0.249 e. The van der Waals surface area contributed by atoms with E-state index in [0.717, 1.165) is 24.6 Å². The summed E-state index contributed by atoms with van der Waals surface area (Å²) in [5, 5.41) is 11.6. The van der Waals surface area contributed by atoms with Crippen molar-refractivity contribution in [3.05, 3.63) is 36.0 Å². The van der Waals surface area contributed by atoms with Gasteiger partial charge in [-0.2, -0.15) is 10.1 Å². The maximum Gasteiger partial charge on any atom is 0.249 e. The number of hydrogen-bond donors (Lipinski definition) is 1. The Morgan fingerprint density at radius 1 is 1.09 bits per heavy atom. The molecule has 0 radical (unpaired) electrons. The first-order valence-corrected chi connectivity index (χ1v) is 7.85. The predicted molar refractivity (Wildman–Crippen MR) is 89.7 cm³/mol. The quantitative estimate of drug-likeness (QED) is 0.939. The van der Waals surface area contributed by atoms with Gasteiger partial charge in [-0.3, -0.25) is 0 Å². The topological polar surface area (TPSA) is 53.9 Å². The van der Waals surface area contributed by atoms with Crippen LogP contribution < -0.4 is 10.2 Å². The van der Waals surface area contributed by atoms with Gasteiger partial charge in [0.15, 0.2) is 5.82 Å². The minimum atomic E-state index is 0.0591. The van der Waals surface area contributed by atoms with Crippen LogP contribution in [0.15, 0.2) is 30.5 Å². The molecular formula is C17H23N5. The van der Waals surface area contributed by atoms with Crippen LogP contribution in [0.1, 0.15) is 39.2 Å². The van der Waals surface area contributed by atoms with E-state index in [2.05, 4.69) is 64.4 Å². The molecule has 0 spiro atoms. The third-order valence-electron chi connectivity index (χ3n) is 3.96. The summed E-state index contributed by atoms with van der Waals surface area (Å²) in [6.07, 6.45) is 4.19. The van der Waals surface area contributed by atoms with E-state index in [-0.39, 0.29) is 5.41 Å². The van der Waals surface area contributed by atoms with Gasteiger partial charge in [0.2, 0.25) is 5.95 Å². The summed E-state index contributed by atoms with van der Waals surface area (Å²) in [4.78, 5) is 6.87. The van der Waals surface area contributed by atoms with Gasteiger partial charge in [0.25, 0.3) is 0 Å². The number of nitrogens with one attached hydrogen (secondary N) is 1. The van der Waals surface area contributed by atoms with Gasteiger partial charge in [-0.05, 0) is 29.9 Å². The molecule has 3 rings (SSSR count). The number of aromatic nitrogens is 3. The highest BCUT2D eigenvalue weighted by atomic mass is 15.3. The lowest BCUT2D eigenvalue weighted by Crippen LogP contribution is -2.20. The second-order valence-electron chi connectivity index (χ2n) is 6.75. The molecule has 22 heavy (non-hydrogen) atoms. The lowest BCUT2D eigenvalue weighted by Gasteiger charge is -2.23. The van der Waals surface area contributed by atoms with Gasteiger partial charge in [0.05, 0.1) is 6.20 Å². The number of nitrogens with zero attached hydrogens (tertiary/aromatic N) is 4. The molecule has 1 aromatic carbocycles. The second kappa shape index (κ2) is 5.91. The van der Waals surface area contributed by atoms with Gasteiger partial charge in [-0.25, -0.2) is 0 Å². The van der Waals surface area contributed by atoms with E-state index in [1.807, 2.05) is 6.07 Å². The fraction of sp³-hybridized carbons (Fsp3) is 0.471. The maximum atomic E-state index is 4.61. The summed E-state index contributed by atoms with van der Waals surface area (Å²) in [5.74, 6) is 1.46. The van der Waals surface area contributed by atoms with Gasteiger partial charge in [0, 0.05) is 18.8 Å². The third kappa shape index (κ3) is 3.18. The van der Waals surface area contributed by atoms with Crippen molar-refractivity contribution in [2.45, 2.75) is 39.0 Å². The van der Waals surface area contributed by atoms with E-state index in [0.29, 0.717) is 5.95 Å². The lowest BCUT2D eigenvalue weighted by molar-refractivity contribution is 0.592. The van der Waals surface area contributed by atoms with Crippen molar-refractivity contribution in [3.63, 3.8) is 0 Å². The van der Waals surface area contributed by atoms with E-state index in [1.165, 1.54) is 18.4 Å². The van der Waals surface area contributed by atoms with Crippen LogP contribution >= 0.6 is 0 Å². The van der Waals surface area contributed by atoms with Crippen molar-refractivity contribution in [3.8, 4) is 0 Å². The van der Waals surface area contributed by atoms with Crippen LogP contribution in [0.25, 0.3) is 0 Å². The molecule has 2 heterocycles. The van der Waals surface area contributed by atoms with Crippen molar-refractivity contribution in [1.29, 1.82) is 0 Å². The van der Waals surface area contributed by atoms with Crippen LogP contribution in [0, 0.1) is 0 Å². The Kier molecular flexibility index (Phi) is 3.96.